The molecular formula is C13H18BrNO2. The molecule has 0 spiro atoms. The Hall–Kier alpha value is -1.03. The van der Waals surface area contributed by atoms with Gasteiger partial charge in [0.2, 0.25) is 0 Å². The fourth-order valence-corrected chi connectivity index (χ4v) is 1.85. The third-order valence-corrected chi connectivity index (χ3v) is 3.01. The minimum Gasteiger partial charge on any atom is -0.484 e. The van der Waals surface area contributed by atoms with Crippen molar-refractivity contribution >= 4 is 21.8 Å². The predicted molar refractivity (Wildman–Crippen MR) is 72.1 cm³/mol. The molecule has 1 aromatic carbocycles. The molecule has 0 aliphatic carbocycles. The maximum atomic E-state index is 11.6. The van der Waals surface area contributed by atoms with Crippen LogP contribution in [0.15, 0.2) is 28.7 Å². The van der Waals surface area contributed by atoms with Gasteiger partial charge in [0, 0.05) is 10.5 Å². The van der Waals surface area contributed by atoms with Crippen molar-refractivity contribution in [3.8, 4) is 5.75 Å². The Kier molecular flexibility index (Phi) is 6.05. The summed E-state index contributed by atoms with van der Waals surface area (Å²) < 4.78 is 6.34. The van der Waals surface area contributed by atoms with Crippen LogP contribution in [0.4, 0.5) is 0 Å². The fourth-order valence-electron chi connectivity index (χ4n) is 1.47. The molecule has 0 aromatic heterocycles. The van der Waals surface area contributed by atoms with E-state index < -0.39 is 0 Å². The first kappa shape index (κ1) is 14.0. The molecule has 0 radical (unpaired) electrons. The predicted octanol–water partition coefficient (Wildman–Crippen LogP) is 3.13. The number of halogens is 1. The number of nitrogens with one attached hydrogen (secondary N) is 1. The Morgan fingerprint density at radius 2 is 2.12 bits per heavy atom. The monoisotopic (exact) mass is 299 g/mol. The van der Waals surface area contributed by atoms with Crippen LogP contribution >= 0.6 is 15.9 Å². The Balaban J connectivity index is 2.38. The minimum atomic E-state index is -0.0707. The van der Waals surface area contributed by atoms with Crippen LogP contribution in [-0.4, -0.2) is 18.6 Å². The Morgan fingerprint density at radius 3 is 2.71 bits per heavy atom. The number of ether oxygens (including phenoxy) is 1. The van der Waals surface area contributed by atoms with Crippen molar-refractivity contribution in [3.63, 3.8) is 0 Å². The van der Waals surface area contributed by atoms with Gasteiger partial charge in [-0.3, -0.25) is 4.79 Å². The molecule has 1 amide bonds. The zero-order chi connectivity index (χ0) is 12.7. The first-order valence-corrected chi connectivity index (χ1v) is 6.62. The maximum Gasteiger partial charge on any atom is 0.258 e. The van der Waals surface area contributed by atoms with Gasteiger partial charge in [0.1, 0.15) is 5.75 Å². The van der Waals surface area contributed by atoms with Gasteiger partial charge in [0.15, 0.2) is 6.61 Å². The summed E-state index contributed by atoms with van der Waals surface area (Å²) in [6.07, 6.45) is 1.89. The minimum absolute atomic E-state index is 0.0625. The lowest BCUT2D eigenvalue weighted by Gasteiger charge is -2.14. The SMILES string of the molecule is CCC(CC)NC(=O)COc1cccc(Br)c1. The number of rotatable bonds is 6. The highest BCUT2D eigenvalue weighted by molar-refractivity contribution is 9.10. The Morgan fingerprint density at radius 1 is 1.41 bits per heavy atom. The topological polar surface area (TPSA) is 38.3 Å². The van der Waals surface area contributed by atoms with Crippen molar-refractivity contribution in [3.05, 3.63) is 28.7 Å². The number of amides is 1. The molecule has 0 saturated heterocycles. The number of carbonyl (C=O) groups excluding carboxylic acids is 1. The van der Waals surface area contributed by atoms with E-state index in [0.29, 0.717) is 5.75 Å². The van der Waals surface area contributed by atoms with Crippen molar-refractivity contribution in [2.45, 2.75) is 32.7 Å². The van der Waals surface area contributed by atoms with Gasteiger partial charge < -0.3 is 10.1 Å². The Labute approximate surface area is 111 Å². The van der Waals surface area contributed by atoms with E-state index >= 15 is 0 Å². The first-order chi connectivity index (χ1) is 8.15. The van der Waals surface area contributed by atoms with Gasteiger partial charge in [-0.1, -0.05) is 35.8 Å². The van der Waals surface area contributed by atoms with Gasteiger partial charge in [0.25, 0.3) is 5.91 Å². The summed E-state index contributed by atoms with van der Waals surface area (Å²) in [5, 5.41) is 2.93. The van der Waals surface area contributed by atoms with E-state index in [-0.39, 0.29) is 18.6 Å². The van der Waals surface area contributed by atoms with Crippen LogP contribution in [0.1, 0.15) is 26.7 Å². The second-order valence-corrected chi connectivity index (χ2v) is 4.74. The third-order valence-electron chi connectivity index (χ3n) is 2.52. The number of hydrogen-bond acceptors (Lipinski definition) is 2. The molecule has 1 aromatic rings. The van der Waals surface area contributed by atoms with E-state index in [0.717, 1.165) is 17.3 Å². The van der Waals surface area contributed by atoms with E-state index in [1.165, 1.54) is 0 Å². The highest BCUT2D eigenvalue weighted by Crippen LogP contribution is 2.17. The van der Waals surface area contributed by atoms with Crippen LogP contribution < -0.4 is 10.1 Å². The molecule has 3 nitrogen and oxygen atoms in total. The van der Waals surface area contributed by atoms with Gasteiger partial charge in [-0.25, -0.2) is 0 Å². The van der Waals surface area contributed by atoms with Gasteiger partial charge in [-0.05, 0) is 31.0 Å². The highest BCUT2D eigenvalue weighted by Gasteiger charge is 2.08. The fraction of sp³-hybridized carbons (Fsp3) is 0.462. The smallest absolute Gasteiger partial charge is 0.258 e. The largest absolute Gasteiger partial charge is 0.484 e. The molecular weight excluding hydrogens is 282 g/mol. The van der Waals surface area contributed by atoms with E-state index in [2.05, 4.69) is 35.1 Å². The quantitative estimate of drug-likeness (QED) is 0.876. The maximum absolute atomic E-state index is 11.6. The average Bonchev–Trinajstić information content (AvgIpc) is 2.33. The molecule has 0 atom stereocenters. The van der Waals surface area contributed by atoms with Crippen molar-refractivity contribution in [2.75, 3.05) is 6.61 Å². The van der Waals surface area contributed by atoms with Crippen LogP contribution in [0, 0.1) is 0 Å². The summed E-state index contributed by atoms with van der Waals surface area (Å²) in [4.78, 5) is 11.6. The van der Waals surface area contributed by atoms with E-state index in [9.17, 15) is 4.79 Å². The molecule has 1 N–H and O–H groups in total. The third kappa shape index (κ3) is 5.22. The molecule has 0 bridgehead atoms. The molecule has 0 saturated carbocycles. The number of carbonyl (C=O) groups is 1. The van der Waals surface area contributed by atoms with Crippen molar-refractivity contribution in [1.82, 2.24) is 5.32 Å². The molecule has 94 valence electrons. The van der Waals surface area contributed by atoms with E-state index in [4.69, 9.17) is 4.74 Å². The van der Waals surface area contributed by atoms with Crippen LogP contribution in [0.3, 0.4) is 0 Å². The number of hydrogen-bond donors (Lipinski definition) is 1. The molecule has 1 rings (SSSR count). The summed E-state index contributed by atoms with van der Waals surface area (Å²) in [7, 11) is 0. The molecule has 0 fully saturated rings. The van der Waals surface area contributed by atoms with E-state index in [1.54, 1.807) is 0 Å². The standard InChI is InChI=1S/C13H18BrNO2/c1-3-11(4-2)15-13(16)9-17-12-7-5-6-10(14)8-12/h5-8,11H,3-4,9H2,1-2H3,(H,15,16). The zero-order valence-corrected chi connectivity index (χ0v) is 11.8. The number of benzene rings is 1. The van der Waals surface area contributed by atoms with Crippen LogP contribution in [-0.2, 0) is 4.79 Å². The van der Waals surface area contributed by atoms with Crippen molar-refractivity contribution in [2.24, 2.45) is 0 Å². The molecule has 0 unspecified atom stereocenters. The lowest BCUT2D eigenvalue weighted by atomic mass is 10.2. The molecule has 4 heteroatoms. The summed E-state index contributed by atoms with van der Waals surface area (Å²) >= 11 is 3.35. The molecule has 0 aliphatic rings. The molecule has 0 heterocycles. The lowest BCUT2D eigenvalue weighted by Crippen LogP contribution is -2.37. The first-order valence-electron chi connectivity index (χ1n) is 5.83. The summed E-state index contributed by atoms with van der Waals surface area (Å²) in [6, 6.07) is 7.70. The Bertz CT molecular complexity index is 364. The van der Waals surface area contributed by atoms with Gasteiger partial charge >= 0.3 is 0 Å². The summed E-state index contributed by atoms with van der Waals surface area (Å²) in [5.41, 5.74) is 0. The van der Waals surface area contributed by atoms with E-state index in [1.807, 2.05) is 24.3 Å². The summed E-state index contributed by atoms with van der Waals surface area (Å²) in [6.45, 7) is 4.18. The van der Waals surface area contributed by atoms with Crippen molar-refractivity contribution in [1.29, 1.82) is 0 Å². The van der Waals surface area contributed by atoms with Crippen molar-refractivity contribution < 1.29 is 9.53 Å². The molecule has 0 aliphatic heterocycles. The van der Waals surface area contributed by atoms with Gasteiger partial charge in [-0.2, -0.15) is 0 Å². The lowest BCUT2D eigenvalue weighted by molar-refractivity contribution is -0.123. The van der Waals surface area contributed by atoms with Gasteiger partial charge in [0.05, 0.1) is 0 Å². The van der Waals surface area contributed by atoms with Crippen LogP contribution in [0.2, 0.25) is 0 Å². The van der Waals surface area contributed by atoms with Crippen LogP contribution in [0.25, 0.3) is 0 Å². The average molecular weight is 300 g/mol. The van der Waals surface area contributed by atoms with Gasteiger partial charge in [-0.15, -0.1) is 0 Å². The second kappa shape index (κ2) is 7.33. The second-order valence-electron chi connectivity index (χ2n) is 3.83. The molecule has 17 heavy (non-hydrogen) atoms. The normalized spacial score (nSPS) is 10.4. The highest BCUT2D eigenvalue weighted by atomic mass is 79.9. The summed E-state index contributed by atoms with van der Waals surface area (Å²) in [5.74, 6) is 0.623. The zero-order valence-electron chi connectivity index (χ0n) is 10.2. The van der Waals surface area contributed by atoms with Crippen LogP contribution in [0.5, 0.6) is 5.75 Å².